The summed E-state index contributed by atoms with van der Waals surface area (Å²) in [5, 5.41) is 0. The van der Waals surface area contributed by atoms with Crippen molar-refractivity contribution in [2.75, 3.05) is 12.8 Å². The second kappa shape index (κ2) is 6.35. The van der Waals surface area contributed by atoms with Crippen molar-refractivity contribution in [3.63, 3.8) is 0 Å². The van der Waals surface area contributed by atoms with Gasteiger partial charge in [-0.15, -0.1) is 11.8 Å². The third-order valence-electron chi connectivity index (χ3n) is 5.35. The molecule has 136 valence electrons. The van der Waals surface area contributed by atoms with Gasteiger partial charge in [0.2, 0.25) is 11.8 Å². The molecule has 5 heteroatoms. The zero-order chi connectivity index (χ0) is 18.4. The number of likely N-dealkylation sites (N-methyl/N-ethyl adjacent to an activating group) is 1. The third kappa shape index (κ3) is 3.43. The second-order valence-electron chi connectivity index (χ2n) is 8.41. The van der Waals surface area contributed by atoms with Crippen molar-refractivity contribution < 1.29 is 9.59 Å². The molecule has 2 fully saturated rings. The molecule has 0 saturated carbocycles. The minimum atomic E-state index is -0.316. The molecule has 4 nitrogen and oxygen atoms in total. The van der Waals surface area contributed by atoms with Crippen LogP contribution in [0.25, 0.3) is 0 Å². The first kappa shape index (κ1) is 18.3. The number of benzene rings is 1. The fraction of sp³-hybridized carbons (Fsp3) is 0.600. The van der Waals surface area contributed by atoms with Crippen molar-refractivity contribution in [3.8, 4) is 0 Å². The van der Waals surface area contributed by atoms with Crippen LogP contribution in [0.4, 0.5) is 0 Å². The van der Waals surface area contributed by atoms with E-state index < -0.39 is 0 Å². The molecule has 2 amide bonds. The van der Waals surface area contributed by atoms with Gasteiger partial charge in [0.25, 0.3) is 0 Å². The van der Waals surface area contributed by atoms with E-state index in [1.165, 1.54) is 5.56 Å². The molecule has 2 aliphatic heterocycles. The molecular weight excluding hydrogens is 332 g/mol. The van der Waals surface area contributed by atoms with Gasteiger partial charge in [-0.3, -0.25) is 9.59 Å². The van der Waals surface area contributed by atoms with Crippen LogP contribution in [0.3, 0.4) is 0 Å². The Morgan fingerprint density at radius 3 is 2.56 bits per heavy atom. The number of amides is 2. The van der Waals surface area contributed by atoms with Crippen molar-refractivity contribution in [3.05, 3.63) is 35.4 Å². The molecule has 0 bridgehead atoms. The smallest absolute Gasteiger partial charge is 0.246 e. The summed E-state index contributed by atoms with van der Waals surface area (Å²) in [5.41, 5.74) is 2.53. The zero-order valence-corrected chi connectivity index (χ0v) is 16.7. The van der Waals surface area contributed by atoms with Gasteiger partial charge in [0.1, 0.15) is 6.04 Å². The van der Waals surface area contributed by atoms with Crippen LogP contribution in [0.5, 0.6) is 0 Å². The van der Waals surface area contributed by atoms with E-state index in [4.69, 9.17) is 0 Å². The highest BCUT2D eigenvalue weighted by Gasteiger charge is 2.53. The third-order valence-corrected chi connectivity index (χ3v) is 6.85. The molecule has 2 heterocycles. The Hall–Kier alpha value is -1.49. The van der Waals surface area contributed by atoms with E-state index in [-0.39, 0.29) is 28.1 Å². The Bertz CT molecular complexity index is 680. The fourth-order valence-electron chi connectivity index (χ4n) is 3.72. The van der Waals surface area contributed by atoms with E-state index in [1.54, 1.807) is 16.7 Å². The summed E-state index contributed by atoms with van der Waals surface area (Å²) >= 11 is 1.74. The van der Waals surface area contributed by atoms with E-state index in [0.29, 0.717) is 18.7 Å². The van der Waals surface area contributed by atoms with Gasteiger partial charge in [0, 0.05) is 25.8 Å². The lowest BCUT2D eigenvalue weighted by Gasteiger charge is -2.32. The molecule has 0 unspecified atom stereocenters. The molecule has 0 radical (unpaired) electrons. The standard InChI is InChI=1S/C20H28N2O2S/c1-19(2,3)15-8-6-14(7-9-15)12-21(5)18(24)16-13-25-20(4)11-10-17(23)22(16)20/h6-9,16H,10-13H2,1-5H3/t16-,20+/m1/s1. The van der Waals surface area contributed by atoms with Crippen LogP contribution in [0.2, 0.25) is 0 Å². The SMILES string of the molecule is CN(Cc1ccc(C(C)(C)C)cc1)C(=O)[C@H]1CS[C@@]2(C)CCC(=O)N12. The summed E-state index contributed by atoms with van der Waals surface area (Å²) in [7, 11) is 1.83. The number of hydrogen-bond donors (Lipinski definition) is 0. The van der Waals surface area contributed by atoms with E-state index in [1.807, 2.05) is 11.9 Å². The maximum Gasteiger partial charge on any atom is 0.246 e. The quantitative estimate of drug-likeness (QED) is 0.829. The minimum absolute atomic E-state index is 0.0476. The Balaban J connectivity index is 1.68. The van der Waals surface area contributed by atoms with Crippen LogP contribution in [-0.4, -0.2) is 45.3 Å². The average molecular weight is 361 g/mol. The van der Waals surface area contributed by atoms with Crippen molar-refractivity contribution in [1.82, 2.24) is 9.80 Å². The lowest BCUT2D eigenvalue weighted by atomic mass is 9.87. The van der Waals surface area contributed by atoms with E-state index in [2.05, 4.69) is 52.0 Å². The molecular formula is C20H28N2O2S. The van der Waals surface area contributed by atoms with E-state index >= 15 is 0 Å². The molecule has 2 saturated heterocycles. The van der Waals surface area contributed by atoms with Gasteiger partial charge in [0.15, 0.2) is 0 Å². The minimum Gasteiger partial charge on any atom is -0.340 e. The van der Waals surface area contributed by atoms with E-state index in [0.717, 1.165) is 12.0 Å². The monoisotopic (exact) mass is 360 g/mol. The van der Waals surface area contributed by atoms with Gasteiger partial charge in [-0.1, -0.05) is 45.0 Å². The molecule has 1 aromatic carbocycles. The van der Waals surface area contributed by atoms with Gasteiger partial charge in [-0.25, -0.2) is 0 Å². The lowest BCUT2D eigenvalue weighted by molar-refractivity contribution is -0.143. The maximum atomic E-state index is 12.9. The molecule has 0 N–H and O–H groups in total. The number of carbonyl (C=O) groups excluding carboxylic acids is 2. The van der Waals surface area contributed by atoms with Gasteiger partial charge in [0.05, 0.1) is 4.87 Å². The van der Waals surface area contributed by atoms with Crippen molar-refractivity contribution >= 4 is 23.6 Å². The molecule has 1 aromatic rings. The first-order valence-electron chi connectivity index (χ1n) is 8.92. The summed E-state index contributed by atoms with van der Waals surface area (Å²) in [4.78, 5) is 28.6. The molecule has 0 aliphatic carbocycles. The van der Waals surface area contributed by atoms with Crippen LogP contribution < -0.4 is 0 Å². The summed E-state index contributed by atoms with van der Waals surface area (Å²) in [5.74, 6) is 0.870. The molecule has 2 atom stereocenters. The summed E-state index contributed by atoms with van der Waals surface area (Å²) in [6, 6.07) is 8.15. The largest absolute Gasteiger partial charge is 0.340 e. The van der Waals surface area contributed by atoms with Gasteiger partial charge >= 0.3 is 0 Å². The zero-order valence-electron chi connectivity index (χ0n) is 15.8. The topological polar surface area (TPSA) is 40.6 Å². The number of fused-ring (bicyclic) bond motifs is 1. The summed E-state index contributed by atoms with van der Waals surface area (Å²) < 4.78 is 0. The van der Waals surface area contributed by atoms with Gasteiger partial charge < -0.3 is 9.80 Å². The summed E-state index contributed by atoms with van der Waals surface area (Å²) in [6.45, 7) is 9.24. The van der Waals surface area contributed by atoms with Crippen molar-refractivity contribution in [1.29, 1.82) is 0 Å². The lowest BCUT2D eigenvalue weighted by Crippen LogP contribution is -2.50. The Morgan fingerprint density at radius 2 is 1.96 bits per heavy atom. The summed E-state index contributed by atoms with van der Waals surface area (Å²) in [6.07, 6.45) is 1.41. The van der Waals surface area contributed by atoms with Crippen molar-refractivity contribution in [2.24, 2.45) is 0 Å². The molecule has 0 aromatic heterocycles. The molecule has 25 heavy (non-hydrogen) atoms. The van der Waals surface area contributed by atoms with Crippen LogP contribution in [0.1, 0.15) is 51.7 Å². The first-order valence-corrected chi connectivity index (χ1v) is 9.91. The van der Waals surface area contributed by atoms with Crippen LogP contribution in [0.15, 0.2) is 24.3 Å². The molecule has 0 spiro atoms. The fourth-order valence-corrected chi connectivity index (χ4v) is 5.14. The highest BCUT2D eigenvalue weighted by Crippen LogP contribution is 2.47. The second-order valence-corrected chi connectivity index (χ2v) is 9.91. The first-order chi connectivity index (χ1) is 11.6. The van der Waals surface area contributed by atoms with E-state index in [9.17, 15) is 9.59 Å². The van der Waals surface area contributed by atoms with Crippen LogP contribution >= 0.6 is 11.8 Å². The number of thioether (sulfide) groups is 1. The van der Waals surface area contributed by atoms with Crippen molar-refractivity contribution in [2.45, 2.75) is 63.4 Å². The Kier molecular flexibility index (Phi) is 4.65. The highest BCUT2D eigenvalue weighted by molar-refractivity contribution is 8.01. The number of rotatable bonds is 3. The van der Waals surface area contributed by atoms with Crippen LogP contribution in [0, 0.1) is 0 Å². The average Bonchev–Trinajstić information content (AvgIpc) is 3.03. The Labute approximate surface area is 154 Å². The van der Waals surface area contributed by atoms with Gasteiger partial charge in [-0.2, -0.15) is 0 Å². The highest BCUT2D eigenvalue weighted by atomic mass is 32.2. The number of nitrogens with zero attached hydrogens (tertiary/aromatic N) is 2. The normalized spacial score (nSPS) is 26.0. The predicted molar refractivity (Wildman–Crippen MR) is 102 cm³/mol. The molecule has 3 rings (SSSR count). The van der Waals surface area contributed by atoms with Crippen LogP contribution in [-0.2, 0) is 21.5 Å². The number of hydrogen-bond acceptors (Lipinski definition) is 3. The number of carbonyl (C=O) groups is 2. The maximum absolute atomic E-state index is 12.9. The molecule has 2 aliphatic rings. The van der Waals surface area contributed by atoms with Gasteiger partial charge in [-0.05, 0) is 29.9 Å². The Morgan fingerprint density at radius 1 is 1.32 bits per heavy atom. The predicted octanol–water partition coefficient (Wildman–Crippen LogP) is 3.40.